The van der Waals surface area contributed by atoms with Crippen molar-refractivity contribution >= 4 is 0 Å². The lowest BCUT2D eigenvalue weighted by atomic mass is 10.0. The molecule has 102 valence electrons. The van der Waals surface area contributed by atoms with Crippen LogP contribution in [0.5, 0.6) is 5.75 Å². The van der Waals surface area contributed by atoms with E-state index in [-0.39, 0.29) is 12.1 Å². The van der Waals surface area contributed by atoms with Crippen molar-refractivity contribution in [1.29, 1.82) is 0 Å². The molecule has 1 atom stereocenters. The fourth-order valence-corrected chi connectivity index (χ4v) is 2.04. The first-order chi connectivity index (χ1) is 9.11. The molecule has 0 saturated heterocycles. The van der Waals surface area contributed by atoms with E-state index in [1.54, 1.807) is 12.5 Å². The van der Waals surface area contributed by atoms with E-state index in [9.17, 15) is 0 Å². The van der Waals surface area contributed by atoms with Crippen LogP contribution >= 0.6 is 0 Å². The first kappa shape index (κ1) is 13.6. The zero-order valence-corrected chi connectivity index (χ0v) is 11.5. The molecule has 0 aliphatic heterocycles. The van der Waals surface area contributed by atoms with Gasteiger partial charge < -0.3 is 9.30 Å². The lowest BCUT2D eigenvalue weighted by molar-refractivity contribution is 0.242. The Labute approximate surface area is 113 Å². The average Bonchev–Trinajstić information content (AvgIpc) is 2.77. The number of nitrogens with zero attached hydrogens (tertiary/aromatic N) is 2. The average molecular weight is 260 g/mol. The van der Waals surface area contributed by atoms with E-state index in [1.807, 2.05) is 49.7 Å². The van der Waals surface area contributed by atoms with Crippen LogP contribution in [0, 0.1) is 0 Å². The van der Waals surface area contributed by atoms with Gasteiger partial charge in [0, 0.05) is 7.05 Å². The Hall–Kier alpha value is -1.85. The number of benzene rings is 1. The van der Waals surface area contributed by atoms with Gasteiger partial charge in [-0.1, -0.05) is 12.1 Å². The highest BCUT2D eigenvalue weighted by molar-refractivity contribution is 5.34. The molecule has 1 heterocycles. The Morgan fingerprint density at radius 3 is 2.74 bits per heavy atom. The summed E-state index contributed by atoms with van der Waals surface area (Å²) in [6, 6.07) is 7.82. The maximum Gasteiger partial charge on any atom is 0.120 e. The van der Waals surface area contributed by atoms with E-state index >= 15 is 0 Å². The zero-order valence-electron chi connectivity index (χ0n) is 11.5. The highest BCUT2D eigenvalue weighted by Gasteiger charge is 2.16. The summed E-state index contributed by atoms with van der Waals surface area (Å²) >= 11 is 0. The summed E-state index contributed by atoms with van der Waals surface area (Å²) in [7, 11) is 1.95. The van der Waals surface area contributed by atoms with Gasteiger partial charge in [0.05, 0.1) is 30.4 Å². The predicted octanol–water partition coefficient (Wildman–Crippen LogP) is 1.76. The minimum Gasteiger partial charge on any atom is -0.491 e. The summed E-state index contributed by atoms with van der Waals surface area (Å²) in [6.07, 6.45) is 3.71. The molecule has 2 aromatic rings. The molecule has 0 spiro atoms. The molecule has 1 aromatic heterocycles. The molecule has 2 rings (SSSR count). The van der Waals surface area contributed by atoms with Crippen LogP contribution in [0.2, 0.25) is 0 Å². The number of nitrogens with two attached hydrogens (primary N) is 1. The molecular formula is C14H20N4O. The van der Waals surface area contributed by atoms with Crippen LogP contribution in [-0.2, 0) is 7.05 Å². The van der Waals surface area contributed by atoms with Crippen molar-refractivity contribution in [3.05, 3.63) is 48.0 Å². The van der Waals surface area contributed by atoms with Crippen molar-refractivity contribution in [2.75, 3.05) is 0 Å². The van der Waals surface area contributed by atoms with E-state index in [4.69, 9.17) is 10.6 Å². The predicted molar refractivity (Wildman–Crippen MR) is 74.6 cm³/mol. The summed E-state index contributed by atoms with van der Waals surface area (Å²) in [5.74, 6) is 6.53. The van der Waals surface area contributed by atoms with Crippen molar-refractivity contribution in [3.63, 3.8) is 0 Å². The minimum absolute atomic E-state index is 0.108. The van der Waals surface area contributed by atoms with Crippen molar-refractivity contribution < 1.29 is 4.74 Å². The highest BCUT2D eigenvalue weighted by atomic mass is 16.5. The quantitative estimate of drug-likeness (QED) is 0.635. The number of aromatic nitrogens is 2. The molecule has 0 fully saturated rings. The Kier molecular flexibility index (Phi) is 4.19. The van der Waals surface area contributed by atoms with E-state index in [1.165, 1.54) is 0 Å². The van der Waals surface area contributed by atoms with E-state index in [0.29, 0.717) is 0 Å². The maximum absolute atomic E-state index is 5.71. The number of hydrogen-bond acceptors (Lipinski definition) is 4. The lowest BCUT2D eigenvalue weighted by Gasteiger charge is -2.18. The second-order valence-electron chi connectivity index (χ2n) is 4.77. The first-order valence-corrected chi connectivity index (χ1v) is 6.30. The summed E-state index contributed by atoms with van der Waals surface area (Å²) in [4.78, 5) is 4.12. The van der Waals surface area contributed by atoms with Crippen LogP contribution in [0.1, 0.15) is 31.1 Å². The van der Waals surface area contributed by atoms with Gasteiger partial charge in [0.1, 0.15) is 5.75 Å². The molecule has 0 amide bonds. The number of nitrogens with one attached hydrogen (secondary N) is 1. The molecule has 0 aliphatic carbocycles. The fraction of sp³-hybridized carbons (Fsp3) is 0.357. The largest absolute Gasteiger partial charge is 0.491 e. The molecule has 0 bridgehead atoms. The molecular weight excluding hydrogens is 240 g/mol. The number of imidazole rings is 1. The van der Waals surface area contributed by atoms with Gasteiger partial charge in [0.15, 0.2) is 0 Å². The van der Waals surface area contributed by atoms with E-state index in [2.05, 4.69) is 10.4 Å². The summed E-state index contributed by atoms with van der Waals surface area (Å²) in [5, 5.41) is 0. The summed E-state index contributed by atoms with van der Waals surface area (Å²) < 4.78 is 7.65. The topological polar surface area (TPSA) is 65.1 Å². The Morgan fingerprint density at radius 1 is 1.37 bits per heavy atom. The maximum atomic E-state index is 5.71. The van der Waals surface area contributed by atoms with Gasteiger partial charge in [0.2, 0.25) is 0 Å². The minimum atomic E-state index is -0.108. The number of hydrogen-bond donors (Lipinski definition) is 2. The first-order valence-electron chi connectivity index (χ1n) is 6.30. The third-order valence-corrected chi connectivity index (χ3v) is 2.88. The van der Waals surface area contributed by atoms with Gasteiger partial charge in [-0.25, -0.2) is 10.4 Å². The van der Waals surface area contributed by atoms with Crippen LogP contribution in [0.3, 0.4) is 0 Å². The van der Waals surface area contributed by atoms with Gasteiger partial charge in [-0.05, 0) is 31.5 Å². The van der Waals surface area contributed by atoms with Crippen LogP contribution in [0.25, 0.3) is 0 Å². The second-order valence-corrected chi connectivity index (χ2v) is 4.77. The van der Waals surface area contributed by atoms with E-state index in [0.717, 1.165) is 17.0 Å². The monoisotopic (exact) mass is 260 g/mol. The highest BCUT2D eigenvalue weighted by Crippen LogP contribution is 2.24. The Bertz CT molecular complexity index is 536. The summed E-state index contributed by atoms with van der Waals surface area (Å²) in [6.45, 7) is 4.01. The Morgan fingerprint density at radius 2 is 2.16 bits per heavy atom. The van der Waals surface area contributed by atoms with Gasteiger partial charge in [-0.3, -0.25) is 5.84 Å². The molecule has 1 aromatic carbocycles. The van der Waals surface area contributed by atoms with Crippen LogP contribution < -0.4 is 16.0 Å². The number of ether oxygens (including phenoxy) is 1. The summed E-state index contributed by atoms with van der Waals surface area (Å²) in [5.41, 5.74) is 4.88. The second kappa shape index (κ2) is 5.86. The van der Waals surface area contributed by atoms with E-state index < -0.39 is 0 Å². The van der Waals surface area contributed by atoms with Crippen molar-refractivity contribution in [2.24, 2.45) is 12.9 Å². The van der Waals surface area contributed by atoms with Crippen LogP contribution in [0.15, 0.2) is 36.8 Å². The number of rotatable bonds is 5. The van der Waals surface area contributed by atoms with Crippen LogP contribution in [-0.4, -0.2) is 15.7 Å². The normalized spacial score (nSPS) is 12.7. The molecule has 19 heavy (non-hydrogen) atoms. The van der Waals surface area contributed by atoms with Gasteiger partial charge in [0.25, 0.3) is 0 Å². The van der Waals surface area contributed by atoms with Crippen molar-refractivity contribution in [1.82, 2.24) is 15.0 Å². The zero-order chi connectivity index (χ0) is 13.8. The third-order valence-electron chi connectivity index (χ3n) is 2.88. The van der Waals surface area contributed by atoms with Gasteiger partial charge in [-0.15, -0.1) is 0 Å². The van der Waals surface area contributed by atoms with Crippen molar-refractivity contribution in [2.45, 2.75) is 26.0 Å². The molecule has 1 unspecified atom stereocenters. The Balaban J connectivity index is 2.31. The van der Waals surface area contributed by atoms with Crippen molar-refractivity contribution in [3.8, 4) is 5.75 Å². The molecule has 5 heteroatoms. The molecule has 0 saturated carbocycles. The molecule has 3 N–H and O–H groups in total. The van der Waals surface area contributed by atoms with Crippen LogP contribution in [0.4, 0.5) is 0 Å². The lowest BCUT2D eigenvalue weighted by Crippen LogP contribution is -2.30. The molecule has 5 nitrogen and oxygen atoms in total. The fourth-order valence-electron chi connectivity index (χ4n) is 2.04. The molecule has 0 aliphatic rings. The van der Waals surface area contributed by atoms with Gasteiger partial charge >= 0.3 is 0 Å². The van der Waals surface area contributed by atoms with Gasteiger partial charge in [-0.2, -0.15) is 0 Å². The SMILES string of the molecule is CC(C)Oc1cccc(C(NN)c2cncn2C)c1. The smallest absolute Gasteiger partial charge is 0.120 e. The standard InChI is InChI=1S/C14H20N4O/c1-10(2)19-12-6-4-5-11(7-12)14(17-15)13-8-16-9-18(13)3/h4-10,14,17H,15H2,1-3H3. The number of hydrazine groups is 1. The number of aryl methyl sites for hydroxylation is 1. The third kappa shape index (κ3) is 3.13. The molecule has 0 radical (unpaired) electrons.